The van der Waals surface area contributed by atoms with Crippen molar-refractivity contribution >= 4 is 108 Å². The number of benzene rings is 8. The van der Waals surface area contributed by atoms with Crippen molar-refractivity contribution < 1.29 is 0 Å². The maximum atomic E-state index is 9.63. The molecule has 0 amide bonds. The smallest absolute Gasteiger partial charge is 0.206 e. The van der Waals surface area contributed by atoms with Gasteiger partial charge in [0.25, 0.3) is 0 Å². The fourth-order valence-electron chi connectivity index (χ4n) is 7.89. The second-order valence-corrected chi connectivity index (χ2v) is 15.4. The summed E-state index contributed by atoms with van der Waals surface area (Å²) in [5, 5.41) is 39.6. The second-order valence-electron chi connectivity index (χ2n) is 13.7. The van der Waals surface area contributed by atoms with Crippen LogP contribution in [0.5, 0.6) is 0 Å². The first kappa shape index (κ1) is 37.7. The molecule has 0 radical (unpaired) electrons. The molecule has 280 valence electrons. The van der Waals surface area contributed by atoms with E-state index in [1.165, 1.54) is 32.3 Å². The predicted octanol–water partition coefficient (Wildman–Crippen LogP) is 13.7. The standard InChI is InChI=1S/C25H12N4.C17H12N2.C8H2Br2N2/c1-27-21-13-22-20(12-15(21)14-26)23-18-8-4-2-6-16(18)17-7-3-5-9-19(17)24(23)25-28-10-11-29(22)25;1-2-6-13-12(5-1)11-16(17-18-9-10-19-17)15-8-4-3-7-14(13)15;9-7-1-5(3-11)6(4-12)2-8(7)10/h2-13H;1-11H,(H,18,19);1-2H. The van der Waals surface area contributed by atoms with Gasteiger partial charge in [-0.1, -0.05) is 97.1 Å². The van der Waals surface area contributed by atoms with Crippen LogP contribution in [0.15, 0.2) is 161 Å². The van der Waals surface area contributed by atoms with E-state index in [9.17, 15) is 5.26 Å². The first-order chi connectivity index (χ1) is 29.4. The van der Waals surface area contributed by atoms with Crippen LogP contribution in [0.3, 0.4) is 0 Å². The Balaban J connectivity index is 0.000000128. The molecule has 10 heteroatoms. The summed E-state index contributed by atoms with van der Waals surface area (Å²) in [7, 11) is 0. The van der Waals surface area contributed by atoms with E-state index in [1.807, 2.05) is 47.1 Å². The fourth-order valence-corrected chi connectivity index (χ4v) is 8.58. The predicted molar refractivity (Wildman–Crippen MR) is 247 cm³/mol. The number of nitrogens with one attached hydrogen (secondary N) is 1. The SMILES string of the molecule is N#Cc1cc(Br)c(Br)cc1C#N.[C-]#[N+]c1cc2c(cc1C#N)c1c3ccccc3c3ccccc3c1c1nccn21.c1ccc2c(c1)cc(-c1ncc[nH]1)c1ccccc12. The Hall–Kier alpha value is -7.86. The van der Waals surface area contributed by atoms with Crippen LogP contribution in [0, 0.1) is 40.6 Å². The number of hydrogen-bond acceptors (Lipinski definition) is 5. The van der Waals surface area contributed by atoms with E-state index in [2.05, 4.69) is 149 Å². The van der Waals surface area contributed by atoms with Gasteiger partial charge in [-0.15, -0.1) is 0 Å². The van der Waals surface area contributed by atoms with Crippen molar-refractivity contribution in [2.45, 2.75) is 0 Å². The number of aromatic nitrogens is 4. The van der Waals surface area contributed by atoms with Crippen LogP contribution in [0.1, 0.15) is 16.7 Å². The van der Waals surface area contributed by atoms with Gasteiger partial charge in [0.2, 0.25) is 5.69 Å². The van der Waals surface area contributed by atoms with Crippen molar-refractivity contribution in [1.29, 1.82) is 15.8 Å². The average molecular weight is 899 g/mol. The Morgan fingerprint density at radius 2 is 1.12 bits per heavy atom. The van der Waals surface area contributed by atoms with Crippen LogP contribution >= 0.6 is 31.9 Å². The largest absolute Gasteiger partial charge is 0.345 e. The van der Waals surface area contributed by atoms with Crippen molar-refractivity contribution in [3.8, 4) is 29.6 Å². The monoisotopic (exact) mass is 896 g/mol. The molecule has 0 aliphatic heterocycles. The normalized spacial score (nSPS) is 10.8. The maximum Gasteiger partial charge on any atom is 0.206 e. The van der Waals surface area contributed by atoms with Gasteiger partial charge in [-0.25, -0.2) is 14.8 Å². The van der Waals surface area contributed by atoms with E-state index in [4.69, 9.17) is 17.1 Å². The molecule has 8 aromatic carbocycles. The summed E-state index contributed by atoms with van der Waals surface area (Å²) >= 11 is 6.49. The molecule has 1 N–H and O–H groups in total. The van der Waals surface area contributed by atoms with Crippen molar-refractivity contribution in [3.05, 3.63) is 189 Å². The van der Waals surface area contributed by atoms with Gasteiger partial charge < -0.3 is 9.38 Å². The van der Waals surface area contributed by atoms with Crippen LogP contribution in [-0.2, 0) is 0 Å². The minimum Gasteiger partial charge on any atom is -0.345 e. The first-order valence-electron chi connectivity index (χ1n) is 18.6. The topological polar surface area (TPSA) is 122 Å². The lowest BCUT2D eigenvalue weighted by Gasteiger charge is -2.15. The van der Waals surface area contributed by atoms with Crippen LogP contribution < -0.4 is 0 Å². The molecule has 0 bridgehead atoms. The third kappa shape index (κ3) is 6.44. The van der Waals surface area contributed by atoms with Gasteiger partial charge in [0.05, 0.1) is 29.3 Å². The lowest BCUT2D eigenvalue weighted by molar-refractivity contribution is 1.27. The third-order valence-corrected chi connectivity index (χ3v) is 12.3. The summed E-state index contributed by atoms with van der Waals surface area (Å²) in [6, 6.07) is 48.8. The Kier molecular flexibility index (Phi) is 9.94. The summed E-state index contributed by atoms with van der Waals surface area (Å²) in [5.74, 6) is 0.918. The third-order valence-electron chi connectivity index (χ3n) is 10.5. The van der Waals surface area contributed by atoms with Crippen molar-refractivity contribution in [3.63, 3.8) is 0 Å². The average Bonchev–Trinajstić information content (AvgIpc) is 4.03. The number of H-pyrrole nitrogens is 1. The molecule has 3 aromatic heterocycles. The molecule has 11 rings (SSSR count). The van der Waals surface area contributed by atoms with Crippen LogP contribution in [-0.4, -0.2) is 19.4 Å². The minimum atomic E-state index is 0.361. The van der Waals surface area contributed by atoms with Crippen LogP contribution in [0.25, 0.3) is 86.6 Å². The minimum absolute atomic E-state index is 0.361. The summed E-state index contributed by atoms with van der Waals surface area (Å²) < 4.78 is 3.57. The molecule has 0 aliphatic carbocycles. The van der Waals surface area contributed by atoms with Gasteiger partial charge in [0.15, 0.2) is 0 Å². The highest BCUT2D eigenvalue weighted by molar-refractivity contribution is 9.13. The number of fused-ring (bicyclic) bond motifs is 14. The number of pyridine rings is 1. The summed E-state index contributed by atoms with van der Waals surface area (Å²) in [6.07, 6.45) is 7.35. The molecule has 0 spiro atoms. The number of halogens is 2. The first-order valence-corrected chi connectivity index (χ1v) is 20.2. The van der Waals surface area contributed by atoms with Gasteiger partial charge >= 0.3 is 0 Å². The van der Waals surface area contributed by atoms with Gasteiger partial charge in [-0.2, -0.15) is 15.8 Å². The summed E-state index contributed by atoms with van der Waals surface area (Å²) in [4.78, 5) is 15.8. The molecule has 11 aromatic rings. The van der Waals surface area contributed by atoms with E-state index >= 15 is 0 Å². The highest BCUT2D eigenvalue weighted by Gasteiger charge is 2.18. The van der Waals surface area contributed by atoms with Gasteiger partial charge in [0, 0.05) is 61.0 Å². The lowest BCUT2D eigenvalue weighted by atomic mass is 9.92. The molecule has 0 saturated heterocycles. The molecule has 3 heterocycles. The van der Waals surface area contributed by atoms with E-state index in [1.54, 1.807) is 30.6 Å². The number of hydrogen-bond donors (Lipinski definition) is 1. The molecule has 0 aliphatic rings. The second kappa shape index (κ2) is 15.8. The molecule has 0 saturated carbocycles. The van der Waals surface area contributed by atoms with Gasteiger partial charge in [0.1, 0.15) is 23.6 Å². The number of aromatic amines is 1. The molecule has 8 nitrogen and oxygen atoms in total. The Morgan fingerprint density at radius 3 is 1.70 bits per heavy atom. The number of rotatable bonds is 1. The number of imidazole rings is 2. The number of nitriles is 3. The molecule has 0 atom stereocenters. The summed E-state index contributed by atoms with van der Waals surface area (Å²) in [5.41, 5.74) is 4.41. The van der Waals surface area contributed by atoms with Crippen LogP contribution in [0.4, 0.5) is 5.69 Å². The van der Waals surface area contributed by atoms with Gasteiger partial charge in [-0.05, 0) is 105 Å². The van der Waals surface area contributed by atoms with Crippen LogP contribution in [0.2, 0.25) is 0 Å². The molecular weight excluding hydrogens is 872 g/mol. The Labute approximate surface area is 359 Å². The number of nitrogens with zero attached hydrogens (tertiary/aromatic N) is 7. The fraction of sp³-hybridized carbons (Fsp3) is 0. The van der Waals surface area contributed by atoms with E-state index in [0.29, 0.717) is 22.4 Å². The Morgan fingerprint density at radius 1 is 0.567 bits per heavy atom. The molecule has 0 fully saturated rings. The van der Waals surface area contributed by atoms with Crippen molar-refractivity contribution in [1.82, 2.24) is 19.4 Å². The van der Waals surface area contributed by atoms with E-state index in [-0.39, 0.29) is 0 Å². The molecule has 60 heavy (non-hydrogen) atoms. The Bertz CT molecular complexity index is 3650. The van der Waals surface area contributed by atoms with Crippen molar-refractivity contribution in [2.24, 2.45) is 0 Å². The maximum absolute atomic E-state index is 9.63. The lowest BCUT2D eigenvalue weighted by Crippen LogP contribution is -1.94. The quantitative estimate of drug-likeness (QED) is 0.130. The molecular formula is C50H26Br2N8. The van der Waals surface area contributed by atoms with E-state index in [0.717, 1.165) is 58.4 Å². The highest BCUT2D eigenvalue weighted by Crippen LogP contribution is 2.42. The van der Waals surface area contributed by atoms with E-state index < -0.39 is 0 Å². The zero-order chi connectivity index (χ0) is 41.3. The molecule has 0 unspecified atom stereocenters. The van der Waals surface area contributed by atoms with Gasteiger partial charge in [-0.3, -0.25) is 0 Å². The summed E-state index contributed by atoms with van der Waals surface area (Å²) in [6.45, 7) is 7.49. The zero-order valence-electron chi connectivity index (χ0n) is 31.3. The van der Waals surface area contributed by atoms with Crippen molar-refractivity contribution in [2.75, 3.05) is 0 Å². The highest BCUT2D eigenvalue weighted by atomic mass is 79.9. The zero-order valence-corrected chi connectivity index (χ0v) is 34.5.